The van der Waals surface area contributed by atoms with E-state index in [1.54, 1.807) is 12.4 Å². The molecule has 1 amide bonds. The van der Waals surface area contributed by atoms with Crippen LogP contribution in [0.5, 0.6) is 0 Å². The number of aromatic amines is 1. The number of nitrogens with zero attached hydrogens (tertiary/aromatic N) is 2. The summed E-state index contributed by atoms with van der Waals surface area (Å²) >= 11 is 0. The van der Waals surface area contributed by atoms with Gasteiger partial charge in [-0.25, -0.2) is 0 Å². The fourth-order valence-corrected chi connectivity index (χ4v) is 3.35. The number of amides is 1. The average Bonchev–Trinajstić information content (AvgIpc) is 3.08. The smallest absolute Gasteiger partial charge is 0.247 e. The van der Waals surface area contributed by atoms with E-state index in [2.05, 4.69) is 58.2 Å². The molecular weight excluding hydrogens is 376 g/mol. The molecular formula is C23H24N4OSi. The molecule has 6 heteroatoms. The molecule has 0 bridgehead atoms. The van der Waals surface area contributed by atoms with Crippen molar-refractivity contribution in [3.63, 3.8) is 0 Å². The zero-order valence-corrected chi connectivity index (χ0v) is 18.1. The maximum atomic E-state index is 11.9. The molecule has 0 aliphatic carbocycles. The monoisotopic (exact) mass is 400 g/mol. The van der Waals surface area contributed by atoms with E-state index in [9.17, 15) is 4.79 Å². The molecule has 29 heavy (non-hydrogen) atoms. The first-order chi connectivity index (χ1) is 13.8. The number of pyridine rings is 1. The summed E-state index contributed by atoms with van der Waals surface area (Å²) < 4.78 is 0. The summed E-state index contributed by atoms with van der Waals surface area (Å²) in [6.07, 6.45) is 4.74. The van der Waals surface area contributed by atoms with Crippen molar-refractivity contribution in [3.8, 4) is 34.0 Å². The van der Waals surface area contributed by atoms with Crippen LogP contribution in [0.25, 0.3) is 22.5 Å². The van der Waals surface area contributed by atoms with E-state index in [4.69, 9.17) is 0 Å². The van der Waals surface area contributed by atoms with Gasteiger partial charge in [0.05, 0.1) is 17.1 Å². The van der Waals surface area contributed by atoms with Gasteiger partial charge in [0.15, 0.2) is 0 Å². The standard InChI is InChI=1S/C23H24N4OSi/c1-6-21(28)25-20-8-7-17(11-14-29(3,4)5)15-19(20)23-16(2)22(26-27-23)18-9-12-24-13-10-18/h6-10,12-13,15H,1H2,2-5H3,(H,25,28)(H,26,27). The predicted octanol–water partition coefficient (Wildman–Crippen LogP) is 4.80. The Labute approximate surface area is 172 Å². The highest BCUT2D eigenvalue weighted by molar-refractivity contribution is 6.83. The molecule has 0 radical (unpaired) electrons. The number of nitrogens with one attached hydrogen (secondary N) is 2. The van der Waals surface area contributed by atoms with Gasteiger partial charge in [-0.15, -0.1) is 5.54 Å². The third-order valence-corrected chi connectivity index (χ3v) is 5.15. The van der Waals surface area contributed by atoms with Crippen molar-refractivity contribution in [1.82, 2.24) is 15.2 Å². The Hall–Kier alpha value is -3.43. The van der Waals surface area contributed by atoms with Gasteiger partial charge in [0.1, 0.15) is 8.07 Å². The van der Waals surface area contributed by atoms with E-state index in [0.717, 1.165) is 33.6 Å². The zero-order valence-electron chi connectivity index (χ0n) is 17.1. The van der Waals surface area contributed by atoms with Gasteiger partial charge in [0.2, 0.25) is 5.91 Å². The maximum absolute atomic E-state index is 11.9. The molecule has 0 aliphatic heterocycles. The number of hydrogen-bond acceptors (Lipinski definition) is 3. The molecule has 146 valence electrons. The van der Waals surface area contributed by atoms with Crippen molar-refractivity contribution in [2.45, 2.75) is 26.6 Å². The number of anilines is 1. The fourth-order valence-electron chi connectivity index (χ4n) is 2.83. The summed E-state index contributed by atoms with van der Waals surface area (Å²) in [7, 11) is -1.50. The number of carbonyl (C=O) groups excluding carboxylic acids is 1. The molecule has 5 nitrogen and oxygen atoms in total. The molecule has 2 aromatic heterocycles. The van der Waals surface area contributed by atoms with E-state index >= 15 is 0 Å². The van der Waals surface area contributed by atoms with Gasteiger partial charge < -0.3 is 5.32 Å². The molecule has 0 aliphatic rings. The van der Waals surface area contributed by atoms with Crippen LogP contribution in [0.4, 0.5) is 5.69 Å². The number of benzene rings is 1. The van der Waals surface area contributed by atoms with Crippen LogP contribution in [0, 0.1) is 18.4 Å². The summed E-state index contributed by atoms with van der Waals surface area (Å²) in [5.41, 5.74) is 9.46. The van der Waals surface area contributed by atoms with Crippen LogP contribution in [0.1, 0.15) is 11.1 Å². The second-order valence-corrected chi connectivity index (χ2v) is 12.5. The van der Waals surface area contributed by atoms with Gasteiger partial charge >= 0.3 is 0 Å². The van der Waals surface area contributed by atoms with Crippen molar-refractivity contribution in [1.29, 1.82) is 0 Å². The minimum atomic E-state index is -1.50. The van der Waals surface area contributed by atoms with Crippen molar-refractivity contribution < 1.29 is 4.79 Å². The van der Waals surface area contributed by atoms with Gasteiger partial charge in [-0.3, -0.25) is 14.9 Å². The van der Waals surface area contributed by atoms with Crippen molar-refractivity contribution >= 4 is 19.7 Å². The van der Waals surface area contributed by atoms with Gasteiger partial charge in [0, 0.05) is 34.6 Å². The van der Waals surface area contributed by atoms with E-state index in [1.165, 1.54) is 6.08 Å². The Kier molecular flexibility index (Phi) is 5.81. The molecule has 2 heterocycles. The Morgan fingerprint density at radius 2 is 1.93 bits per heavy atom. The third-order valence-electron chi connectivity index (χ3n) is 4.28. The number of carbonyl (C=O) groups is 1. The molecule has 0 saturated heterocycles. The maximum Gasteiger partial charge on any atom is 0.247 e. The summed E-state index contributed by atoms with van der Waals surface area (Å²) in [6.45, 7) is 12.2. The summed E-state index contributed by atoms with van der Waals surface area (Å²) in [4.78, 5) is 16.0. The molecule has 0 spiro atoms. The predicted molar refractivity (Wildman–Crippen MR) is 121 cm³/mol. The highest BCUT2D eigenvalue weighted by Gasteiger charge is 2.17. The van der Waals surface area contributed by atoms with E-state index in [-0.39, 0.29) is 5.91 Å². The van der Waals surface area contributed by atoms with Crippen LogP contribution >= 0.6 is 0 Å². The van der Waals surface area contributed by atoms with Crippen LogP contribution in [-0.4, -0.2) is 29.2 Å². The number of hydrogen-bond donors (Lipinski definition) is 2. The molecule has 0 unspecified atom stereocenters. The molecule has 2 N–H and O–H groups in total. The van der Waals surface area contributed by atoms with E-state index in [0.29, 0.717) is 5.69 Å². The number of aromatic nitrogens is 3. The Morgan fingerprint density at radius 1 is 1.21 bits per heavy atom. The van der Waals surface area contributed by atoms with Crippen molar-refractivity contribution in [2.24, 2.45) is 0 Å². The van der Waals surface area contributed by atoms with E-state index in [1.807, 2.05) is 37.3 Å². The fraction of sp³-hybridized carbons (Fsp3) is 0.174. The van der Waals surface area contributed by atoms with Gasteiger partial charge in [-0.2, -0.15) is 5.10 Å². The summed E-state index contributed by atoms with van der Waals surface area (Å²) in [6, 6.07) is 9.62. The van der Waals surface area contributed by atoms with Crippen LogP contribution < -0.4 is 5.32 Å². The minimum Gasteiger partial charge on any atom is -0.322 e. The first-order valence-corrected chi connectivity index (χ1v) is 12.8. The lowest BCUT2D eigenvalue weighted by Crippen LogP contribution is -2.16. The second kappa shape index (κ2) is 8.29. The SMILES string of the molecule is C=CC(=O)Nc1ccc(C#C[Si](C)(C)C)cc1-c1[nH]nc(-c2ccncc2)c1C. The summed E-state index contributed by atoms with van der Waals surface area (Å²) in [5, 5.41) is 10.5. The van der Waals surface area contributed by atoms with Crippen LogP contribution in [0.2, 0.25) is 19.6 Å². The molecule has 3 rings (SSSR count). The lowest BCUT2D eigenvalue weighted by atomic mass is 10.0. The lowest BCUT2D eigenvalue weighted by molar-refractivity contribution is -0.111. The first-order valence-electron chi connectivity index (χ1n) is 9.35. The molecule has 0 atom stereocenters. The third kappa shape index (κ3) is 4.89. The Morgan fingerprint density at radius 3 is 2.59 bits per heavy atom. The quantitative estimate of drug-likeness (QED) is 0.375. The largest absolute Gasteiger partial charge is 0.322 e. The first kappa shape index (κ1) is 20.3. The lowest BCUT2D eigenvalue weighted by Gasteiger charge is -2.11. The normalized spacial score (nSPS) is 10.8. The van der Waals surface area contributed by atoms with Crippen molar-refractivity contribution in [2.75, 3.05) is 5.32 Å². The Bertz CT molecular complexity index is 1120. The van der Waals surface area contributed by atoms with Gasteiger partial charge in [-0.05, 0) is 43.3 Å². The van der Waals surface area contributed by atoms with Crippen LogP contribution in [0.15, 0.2) is 55.4 Å². The molecule has 3 aromatic rings. The second-order valence-electron chi connectivity index (χ2n) is 7.76. The highest BCUT2D eigenvalue weighted by Crippen LogP contribution is 2.34. The van der Waals surface area contributed by atoms with Crippen LogP contribution in [-0.2, 0) is 4.79 Å². The number of H-pyrrole nitrogens is 1. The summed E-state index contributed by atoms with van der Waals surface area (Å²) in [5.74, 6) is 3.02. The molecule has 0 fully saturated rings. The number of rotatable bonds is 4. The molecule has 0 saturated carbocycles. The molecule has 1 aromatic carbocycles. The van der Waals surface area contributed by atoms with E-state index < -0.39 is 8.07 Å². The average molecular weight is 401 g/mol. The highest BCUT2D eigenvalue weighted by atomic mass is 28.3. The topological polar surface area (TPSA) is 70.7 Å². The van der Waals surface area contributed by atoms with Crippen molar-refractivity contribution in [3.05, 3.63) is 66.5 Å². The zero-order chi connectivity index (χ0) is 21.0. The van der Waals surface area contributed by atoms with Crippen LogP contribution in [0.3, 0.4) is 0 Å². The van der Waals surface area contributed by atoms with Gasteiger partial charge in [-0.1, -0.05) is 32.1 Å². The van der Waals surface area contributed by atoms with Gasteiger partial charge in [0.25, 0.3) is 0 Å². The minimum absolute atomic E-state index is 0.265. The Balaban J connectivity index is 2.12.